The Morgan fingerprint density at radius 3 is 2.50 bits per heavy atom. The number of aliphatic hydroxyl groups excluding tert-OH is 1. The Morgan fingerprint density at radius 2 is 2.00 bits per heavy atom. The highest BCUT2D eigenvalue weighted by Gasteiger charge is 2.06. The van der Waals surface area contributed by atoms with Crippen LogP contribution in [0.3, 0.4) is 0 Å². The number of amides is 1. The first-order chi connectivity index (χ1) is 7.06. The number of aliphatic hydroxyl groups is 1. The Balaban J connectivity index is 0. The van der Waals surface area contributed by atoms with Crippen molar-refractivity contribution in [3.05, 3.63) is 0 Å². The zero-order valence-electron chi connectivity index (χ0n) is 10.2. The van der Waals surface area contributed by atoms with Crippen LogP contribution in [0.2, 0.25) is 0 Å². The summed E-state index contributed by atoms with van der Waals surface area (Å²) in [6, 6.07) is 0. The lowest BCUT2D eigenvalue weighted by Crippen LogP contribution is -2.38. The summed E-state index contributed by atoms with van der Waals surface area (Å²) in [6.07, 6.45) is -0.635. The van der Waals surface area contributed by atoms with E-state index in [4.69, 9.17) is 4.74 Å². The van der Waals surface area contributed by atoms with Crippen molar-refractivity contribution >= 4 is 18.3 Å². The van der Waals surface area contributed by atoms with E-state index in [-0.39, 0.29) is 38.0 Å². The molecular weight excluding hydrogens is 232 g/mol. The molecule has 0 aromatic rings. The van der Waals surface area contributed by atoms with Gasteiger partial charge in [-0.3, -0.25) is 4.79 Å². The van der Waals surface area contributed by atoms with Crippen LogP contribution >= 0.6 is 12.4 Å². The Kier molecular flexibility index (Phi) is 12.5. The lowest BCUT2D eigenvalue weighted by Gasteiger charge is -2.13. The van der Waals surface area contributed by atoms with Crippen LogP contribution in [0.25, 0.3) is 0 Å². The van der Waals surface area contributed by atoms with Crippen LogP contribution in [-0.4, -0.2) is 50.5 Å². The molecule has 0 aliphatic rings. The molecule has 0 aromatic heterocycles. The number of carbonyl (C=O) groups excluding carboxylic acids is 1. The van der Waals surface area contributed by atoms with Gasteiger partial charge in [-0.1, -0.05) is 13.8 Å². The van der Waals surface area contributed by atoms with Gasteiger partial charge in [0.25, 0.3) is 0 Å². The van der Waals surface area contributed by atoms with E-state index in [0.717, 1.165) is 0 Å². The molecule has 0 aromatic carbocycles. The molecule has 0 bridgehead atoms. The minimum atomic E-state index is -0.635. The largest absolute Gasteiger partial charge is 0.389 e. The van der Waals surface area contributed by atoms with Crippen molar-refractivity contribution in [2.45, 2.75) is 20.0 Å². The van der Waals surface area contributed by atoms with Crippen molar-refractivity contribution in [3.8, 4) is 0 Å². The third-order valence-electron chi connectivity index (χ3n) is 1.63. The molecule has 0 aliphatic carbocycles. The zero-order chi connectivity index (χ0) is 11.7. The highest BCUT2D eigenvalue weighted by Crippen LogP contribution is 1.93. The SMILES string of the molecule is CNCC(=O)NCC(O)COCC(C)C.Cl. The van der Waals surface area contributed by atoms with Crippen LogP contribution < -0.4 is 10.6 Å². The lowest BCUT2D eigenvalue weighted by atomic mass is 10.2. The molecule has 0 rings (SSSR count). The summed E-state index contributed by atoms with van der Waals surface area (Å²) in [4.78, 5) is 11.0. The molecule has 6 heteroatoms. The summed E-state index contributed by atoms with van der Waals surface area (Å²) in [5, 5.41) is 14.7. The number of ether oxygens (including phenoxy) is 1. The number of carbonyl (C=O) groups is 1. The molecule has 1 amide bonds. The molecule has 3 N–H and O–H groups in total. The summed E-state index contributed by atoms with van der Waals surface area (Å²) >= 11 is 0. The normalized spacial score (nSPS) is 12.1. The van der Waals surface area contributed by atoms with Gasteiger partial charge in [0.15, 0.2) is 0 Å². The minimum Gasteiger partial charge on any atom is -0.389 e. The van der Waals surface area contributed by atoms with Crippen molar-refractivity contribution in [1.29, 1.82) is 0 Å². The molecule has 0 fully saturated rings. The van der Waals surface area contributed by atoms with E-state index in [0.29, 0.717) is 12.5 Å². The Morgan fingerprint density at radius 1 is 1.38 bits per heavy atom. The zero-order valence-corrected chi connectivity index (χ0v) is 11.0. The first kappa shape index (κ1) is 18.0. The van der Waals surface area contributed by atoms with Gasteiger partial charge in [-0.2, -0.15) is 0 Å². The van der Waals surface area contributed by atoms with E-state index in [9.17, 15) is 9.90 Å². The lowest BCUT2D eigenvalue weighted by molar-refractivity contribution is -0.120. The summed E-state index contributed by atoms with van der Waals surface area (Å²) in [5.41, 5.74) is 0. The first-order valence-corrected chi connectivity index (χ1v) is 5.23. The van der Waals surface area contributed by atoms with Gasteiger partial charge >= 0.3 is 0 Å². The third kappa shape index (κ3) is 11.7. The fourth-order valence-corrected chi connectivity index (χ4v) is 0.953. The van der Waals surface area contributed by atoms with E-state index in [2.05, 4.69) is 10.6 Å². The van der Waals surface area contributed by atoms with Crippen LogP contribution in [-0.2, 0) is 9.53 Å². The van der Waals surface area contributed by atoms with Gasteiger partial charge in [0.05, 0.1) is 19.3 Å². The number of rotatable bonds is 8. The maximum absolute atomic E-state index is 11.0. The van der Waals surface area contributed by atoms with Crippen LogP contribution in [0.15, 0.2) is 0 Å². The molecule has 0 heterocycles. The van der Waals surface area contributed by atoms with Gasteiger partial charge in [0.2, 0.25) is 5.91 Å². The standard InChI is InChI=1S/C10H22N2O3.ClH/c1-8(2)6-15-7-9(13)4-12-10(14)5-11-3;/h8-9,11,13H,4-7H2,1-3H3,(H,12,14);1H. The van der Waals surface area contributed by atoms with Gasteiger partial charge in [-0.05, 0) is 13.0 Å². The summed E-state index contributed by atoms with van der Waals surface area (Å²) in [7, 11) is 1.70. The first-order valence-electron chi connectivity index (χ1n) is 5.23. The predicted octanol–water partition coefficient (Wildman–Crippen LogP) is -0.223. The van der Waals surface area contributed by atoms with Crippen molar-refractivity contribution < 1.29 is 14.6 Å². The monoisotopic (exact) mass is 254 g/mol. The van der Waals surface area contributed by atoms with E-state index < -0.39 is 6.10 Å². The van der Waals surface area contributed by atoms with Crippen molar-refractivity contribution in [3.63, 3.8) is 0 Å². The smallest absolute Gasteiger partial charge is 0.234 e. The molecule has 16 heavy (non-hydrogen) atoms. The molecule has 0 saturated heterocycles. The second-order valence-electron chi connectivity index (χ2n) is 3.92. The number of hydrogen-bond acceptors (Lipinski definition) is 4. The van der Waals surface area contributed by atoms with Crippen molar-refractivity contribution in [1.82, 2.24) is 10.6 Å². The Bertz CT molecular complexity index is 179. The molecule has 0 aliphatic heterocycles. The van der Waals surface area contributed by atoms with Crippen LogP contribution in [0.4, 0.5) is 0 Å². The van der Waals surface area contributed by atoms with E-state index in [1.165, 1.54) is 0 Å². The number of halogens is 1. The van der Waals surface area contributed by atoms with Gasteiger partial charge < -0.3 is 20.5 Å². The fraction of sp³-hybridized carbons (Fsp3) is 0.900. The molecule has 98 valence electrons. The molecule has 1 atom stereocenters. The number of nitrogens with one attached hydrogen (secondary N) is 2. The quantitative estimate of drug-likeness (QED) is 0.560. The summed E-state index contributed by atoms with van der Waals surface area (Å²) < 4.78 is 5.23. The van der Waals surface area contributed by atoms with Gasteiger partial charge in [0, 0.05) is 13.2 Å². The molecule has 5 nitrogen and oxygen atoms in total. The van der Waals surface area contributed by atoms with Gasteiger partial charge in [-0.15, -0.1) is 12.4 Å². The molecule has 1 unspecified atom stereocenters. The minimum absolute atomic E-state index is 0. The summed E-state index contributed by atoms with van der Waals surface area (Å²) in [5.74, 6) is 0.330. The van der Waals surface area contributed by atoms with Crippen LogP contribution in [0.5, 0.6) is 0 Å². The average Bonchev–Trinajstić information content (AvgIpc) is 2.14. The van der Waals surface area contributed by atoms with Crippen molar-refractivity contribution in [2.24, 2.45) is 5.92 Å². The van der Waals surface area contributed by atoms with E-state index in [1.807, 2.05) is 13.8 Å². The molecule has 0 spiro atoms. The topological polar surface area (TPSA) is 70.6 Å². The average molecular weight is 255 g/mol. The van der Waals surface area contributed by atoms with Crippen molar-refractivity contribution in [2.75, 3.05) is 33.4 Å². The maximum atomic E-state index is 11.0. The van der Waals surface area contributed by atoms with Crippen LogP contribution in [0, 0.1) is 5.92 Å². The van der Waals surface area contributed by atoms with Gasteiger partial charge in [-0.25, -0.2) is 0 Å². The van der Waals surface area contributed by atoms with E-state index >= 15 is 0 Å². The molecular formula is C10H23ClN2O3. The fourth-order valence-electron chi connectivity index (χ4n) is 0.953. The predicted molar refractivity (Wildman–Crippen MR) is 65.8 cm³/mol. The number of hydrogen-bond donors (Lipinski definition) is 3. The van der Waals surface area contributed by atoms with E-state index in [1.54, 1.807) is 7.05 Å². The third-order valence-corrected chi connectivity index (χ3v) is 1.63. The maximum Gasteiger partial charge on any atom is 0.234 e. The molecule has 0 saturated carbocycles. The second-order valence-corrected chi connectivity index (χ2v) is 3.92. The van der Waals surface area contributed by atoms with Gasteiger partial charge in [0.1, 0.15) is 0 Å². The Labute approximate surface area is 103 Å². The van der Waals surface area contributed by atoms with Crippen LogP contribution in [0.1, 0.15) is 13.8 Å². The summed E-state index contributed by atoms with van der Waals surface area (Å²) in [6.45, 7) is 5.47. The second kappa shape index (κ2) is 11.1. The Hall–Kier alpha value is -0.360. The highest BCUT2D eigenvalue weighted by molar-refractivity contribution is 5.85. The highest BCUT2D eigenvalue weighted by atomic mass is 35.5. The molecule has 0 radical (unpaired) electrons. The number of likely N-dealkylation sites (N-methyl/N-ethyl adjacent to an activating group) is 1.